The molecule has 1 heterocycles. The number of benzene rings is 1. The van der Waals surface area contributed by atoms with Crippen molar-refractivity contribution in [1.29, 1.82) is 0 Å². The van der Waals surface area contributed by atoms with E-state index in [4.69, 9.17) is 0 Å². The summed E-state index contributed by atoms with van der Waals surface area (Å²) in [4.78, 5) is 11.9. The third-order valence-electron chi connectivity index (χ3n) is 4.75. The molecule has 1 amide bonds. The fraction of sp³-hybridized carbons (Fsp3) is 0.632. The van der Waals surface area contributed by atoms with Gasteiger partial charge in [0.25, 0.3) is 0 Å². The molecule has 2 rings (SSSR count). The zero-order valence-electron chi connectivity index (χ0n) is 14.3. The molecule has 0 bridgehead atoms. The van der Waals surface area contributed by atoms with Gasteiger partial charge >= 0.3 is 0 Å². The van der Waals surface area contributed by atoms with E-state index in [0.717, 1.165) is 6.42 Å². The molecule has 21 heavy (non-hydrogen) atoms. The molecule has 0 spiro atoms. The summed E-state index contributed by atoms with van der Waals surface area (Å²) in [5.41, 5.74) is 2.70. The molecule has 0 radical (unpaired) electrons. The van der Waals surface area contributed by atoms with Crippen LogP contribution in [0, 0.1) is 5.92 Å². The van der Waals surface area contributed by atoms with Gasteiger partial charge in [-0.25, -0.2) is 0 Å². The first-order valence-electron chi connectivity index (χ1n) is 8.03. The minimum Gasteiger partial charge on any atom is -0.352 e. The fourth-order valence-electron chi connectivity index (χ4n) is 3.31. The van der Waals surface area contributed by atoms with Gasteiger partial charge in [0.15, 0.2) is 0 Å². The average molecular weight is 287 g/mol. The molecule has 2 unspecified atom stereocenters. The maximum atomic E-state index is 11.9. The van der Waals surface area contributed by atoms with E-state index < -0.39 is 0 Å². The van der Waals surface area contributed by atoms with E-state index in [1.165, 1.54) is 11.1 Å². The Bertz CT molecular complexity index is 509. The summed E-state index contributed by atoms with van der Waals surface area (Å²) in [5, 5.41) is 3.18. The number of hydrogen-bond acceptors (Lipinski definition) is 1. The van der Waals surface area contributed by atoms with Gasteiger partial charge in [0, 0.05) is 17.9 Å². The zero-order valence-corrected chi connectivity index (χ0v) is 14.3. The summed E-state index contributed by atoms with van der Waals surface area (Å²) in [5.74, 6) is 0.768. The number of carbonyl (C=O) groups is 1. The van der Waals surface area contributed by atoms with Crippen LogP contribution < -0.4 is 5.32 Å². The van der Waals surface area contributed by atoms with Gasteiger partial charge < -0.3 is 5.32 Å². The Morgan fingerprint density at radius 3 is 2.29 bits per heavy atom. The first-order chi connectivity index (χ1) is 9.63. The Labute approximate surface area is 129 Å². The van der Waals surface area contributed by atoms with Crippen molar-refractivity contribution in [3.63, 3.8) is 0 Å². The molecule has 2 atom stereocenters. The summed E-state index contributed by atoms with van der Waals surface area (Å²) in [7, 11) is 0. The lowest BCUT2D eigenvalue weighted by Crippen LogP contribution is -2.39. The third kappa shape index (κ3) is 3.30. The number of nitrogens with one attached hydrogen (secondary N) is 1. The molecule has 1 aliphatic rings. The minimum absolute atomic E-state index is 0.0855. The van der Waals surface area contributed by atoms with Crippen molar-refractivity contribution >= 4 is 5.91 Å². The van der Waals surface area contributed by atoms with Crippen LogP contribution in [0.25, 0.3) is 0 Å². The van der Waals surface area contributed by atoms with Gasteiger partial charge in [-0.3, -0.25) is 4.79 Å². The molecule has 1 N–H and O–H groups in total. The summed E-state index contributed by atoms with van der Waals surface area (Å²) in [6.07, 6.45) is 1.63. The first-order valence-corrected chi connectivity index (χ1v) is 8.03. The molecule has 0 saturated carbocycles. The highest BCUT2D eigenvalue weighted by atomic mass is 16.2. The molecule has 116 valence electrons. The van der Waals surface area contributed by atoms with Crippen LogP contribution in [0.5, 0.6) is 0 Å². The second-order valence-electron chi connectivity index (χ2n) is 8.17. The van der Waals surface area contributed by atoms with Gasteiger partial charge in [0.1, 0.15) is 0 Å². The molecule has 1 aromatic rings. The third-order valence-corrected chi connectivity index (χ3v) is 4.75. The summed E-state index contributed by atoms with van der Waals surface area (Å²) in [6.45, 7) is 13.3. The highest BCUT2D eigenvalue weighted by Gasteiger charge is 2.44. The van der Waals surface area contributed by atoms with Gasteiger partial charge in [0.05, 0.1) is 0 Å². The van der Waals surface area contributed by atoms with Gasteiger partial charge in [-0.2, -0.15) is 0 Å². The van der Waals surface area contributed by atoms with Crippen LogP contribution >= 0.6 is 0 Å². The van der Waals surface area contributed by atoms with E-state index >= 15 is 0 Å². The molecular formula is C19H29NO. The molecule has 1 saturated heterocycles. The zero-order chi connectivity index (χ0) is 15.8. The average Bonchev–Trinajstić information content (AvgIpc) is 2.63. The van der Waals surface area contributed by atoms with Crippen LogP contribution in [0.2, 0.25) is 0 Å². The van der Waals surface area contributed by atoms with E-state index in [0.29, 0.717) is 12.3 Å². The Hall–Kier alpha value is -1.31. The van der Waals surface area contributed by atoms with E-state index in [9.17, 15) is 4.79 Å². The lowest BCUT2D eigenvalue weighted by Gasteiger charge is -2.32. The van der Waals surface area contributed by atoms with Crippen LogP contribution in [0.1, 0.15) is 65.5 Å². The number of rotatable bonds is 3. The van der Waals surface area contributed by atoms with Gasteiger partial charge in [-0.15, -0.1) is 0 Å². The van der Waals surface area contributed by atoms with E-state index in [2.05, 4.69) is 71.1 Å². The van der Waals surface area contributed by atoms with Crippen molar-refractivity contribution in [3.05, 3.63) is 35.4 Å². The SMILES string of the molecule is CC(C)CC1NC(=O)CC1(C)c1ccc(C(C)(C)C)cc1. The monoisotopic (exact) mass is 287 g/mol. The smallest absolute Gasteiger partial charge is 0.221 e. The van der Waals surface area contributed by atoms with Crippen LogP contribution in [0.15, 0.2) is 24.3 Å². The molecule has 1 aliphatic heterocycles. The highest BCUT2D eigenvalue weighted by molar-refractivity contribution is 5.81. The molecule has 1 aromatic carbocycles. The summed E-state index contributed by atoms with van der Waals surface area (Å²) >= 11 is 0. The van der Waals surface area contributed by atoms with Gasteiger partial charge in [-0.1, -0.05) is 65.8 Å². The summed E-state index contributed by atoms with van der Waals surface area (Å²) in [6, 6.07) is 9.11. The maximum Gasteiger partial charge on any atom is 0.221 e. The number of hydrogen-bond donors (Lipinski definition) is 1. The van der Waals surface area contributed by atoms with Gasteiger partial charge in [0.2, 0.25) is 5.91 Å². The molecule has 2 nitrogen and oxygen atoms in total. The first kappa shape index (κ1) is 16.1. The predicted molar refractivity (Wildman–Crippen MR) is 88.5 cm³/mol. The van der Waals surface area contributed by atoms with Crippen LogP contribution in [0.3, 0.4) is 0 Å². The lowest BCUT2D eigenvalue weighted by atomic mass is 9.73. The van der Waals surface area contributed by atoms with Crippen LogP contribution in [-0.2, 0) is 15.6 Å². The highest BCUT2D eigenvalue weighted by Crippen LogP contribution is 2.39. The van der Waals surface area contributed by atoms with Crippen molar-refractivity contribution in [2.45, 2.75) is 71.3 Å². The molecule has 0 aromatic heterocycles. The van der Waals surface area contributed by atoms with E-state index in [1.54, 1.807) is 0 Å². The second kappa shape index (κ2) is 5.47. The van der Waals surface area contributed by atoms with Crippen molar-refractivity contribution in [1.82, 2.24) is 5.32 Å². The van der Waals surface area contributed by atoms with Crippen molar-refractivity contribution in [3.8, 4) is 0 Å². The second-order valence-corrected chi connectivity index (χ2v) is 8.17. The van der Waals surface area contributed by atoms with Crippen LogP contribution in [0.4, 0.5) is 0 Å². The van der Waals surface area contributed by atoms with Crippen LogP contribution in [-0.4, -0.2) is 11.9 Å². The summed E-state index contributed by atoms with van der Waals surface area (Å²) < 4.78 is 0. The topological polar surface area (TPSA) is 29.1 Å². The van der Waals surface area contributed by atoms with Crippen molar-refractivity contribution in [2.24, 2.45) is 5.92 Å². The van der Waals surface area contributed by atoms with E-state index in [1.807, 2.05) is 0 Å². The number of amides is 1. The Balaban J connectivity index is 2.31. The molecule has 2 heteroatoms. The molecule has 1 fully saturated rings. The minimum atomic E-state index is -0.0855. The van der Waals surface area contributed by atoms with Gasteiger partial charge in [-0.05, 0) is 28.9 Å². The molecular weight excluding hydrogens is 258 g/mol. The normalized spacial score (nSPS) is 26.2. The maximum absolute atomic E-state index is 11.9. The largest absolute Gasteiger partial charge is 0.352 e. The van der Waals surface area contributed by atoms with Crippen molar-refractivity contribution < 1.29 is 4.79 Å². The Kier molecular flexibility index (Phi) is 4.19. The number of carbonyl (C=O) groups excluding carboxylic acids is 1. The Morgan fingerprint density at radius 2 is 1.81 bits per heavy atom. The standard InChI is InChI=1S/C19H29NO/c1-13(2)11-16-19(6,12-17(21)20-16)15-9-7-14(8-10-15)18(3,4)5/h7-10,13,16H,11-12H2,1-6H3,(H,20,21). The van der Waals surface area contributed by atoms with E-state index in [-0.39, 0.29) is 22.8 Å². The molecule has 0 aliphatic carbocycles. The van der Waals surface area contributed by atoms with Crippen molar-refractivity contribution in [2.75, 3.05) is 0 Å². The lowest BCUT2D eigenvalue weighted by molar-refractivity contribution is -0.119. The predicted octanol–water partition coefficient (Wildman–Crippen LogP) is 4.18. The fourth-order valence-corrected chi connectivity index (χ4v) is 3.31. The Morgan fingerprint density at radius 1 is 1.24 bits per heavy atom. The quantitative estimate of drug-likeness (QED) is 0.888.